The molecule has 0 aliphatic heterocycles. The van der Waals surface area contributed by atoms with Crippen molar-refractivity contribution in [3.8, 4) is 0 Å². The summed E-state index contributed by atoms with van der Waals surface area (Å²) in [6.07, 6.45) is 0. The van der Waals surface area contributed by atoms with E-state index in [0.29, 0.717) is 0 Å². The van der Waals surface area contributed by atoms with E-state index in [1.54, 1.807) is 20.8 Å². The van der Waals surface area contributed by atoms with Crippen molar-refractivity contribution in [3.63, 3.8) is 0 Å². The van der Waals surface area contributed by atoms with Gasteiger partial charge in [-0.05, 0) is 52.8 Å². The van der Waals surface area contributed by atoms with Crippen LogP contribution in [0.15, 0.2) is 18.2 Å². The van der Waals surface area contributed by atoms with Gasteiger partial charge in [0.2, 0.25) is 0 Å². The van der Waals surface area contributed by atoms with Gasteiger partial charge in [-0.3, -0.25) is 0 Å². The lowest BCUT2D eigenvalue weighted by Gasteiger charge is -2.25. The van der Waals surface area contributed by atoms with Crippen LogP contribution in [0.1, 0.15) is 43.5 Å². The number of sulfone groups is 1. The molecule has 0 fully saturated rings. The SMILES string of the molecule is CNC(CS(=O)(=O)C(C)(C)C)c1ccc(C)cc1C. The molecule has 0 aliphatic rings. The quantitative estimate of drug-likeness (QED) is 0.924. The highest BCUT2D eigenvalue weighted by molar-refractivity contribution is 7.92. The third-order valence-corrected chi connectivity index (χ3v) is 6.11. The van der Waals surface area contributed by atoms with Gasteiger partial charge in [0, 0.05) is 6.04 Å². The van der Waals surface area contributed by atoms with Gasteiger partial charge in [-0.1, -0.05) is 23.8 Å². The summed E-state index contributed by atoms with van der Waals surface area (Å²) in [6.45, 7) is 9.30. The maximum Gasteiger partial charge on any atom is 0.157 e. The van der Waals surface area contributed by atoms with Gasteiger partial charge in [-0.15, -0.1) is 0 Å². The molecule has 0 saturated carbocycles. The number of rotatable bonds is 4. The van der Waals surface area contributed by atoms with E-state index in [0.717, 1.165) is 11.1 Å². The molecular weight excluding hydrogens is 258 g/mol. The van der Waals surface area contributed by atoms with Crippen LogP contribution in [0.4, 0.5) is 0 Å². The number of hydrogen-bond donors (Lipinski definition) is 1. The van der Waals surface area contributed by atoms with Crippen LogP contribution < -0.4 is 5.32 Å². The first-order valence-corrected chi connectivity index (χ1v) is 8.20. The average Bonchev–Trinajstić information content (AvgIpc) is 2.25. The van der Waals surface area contributed by atoms with E-state index >= 15 is 0 Å². The second-order valence-electron chi connectivity index (χ2n) is 6.10. The molecule has 0 bridgehead atoms. The first-order chi connectivity index (χ1) is 8.58. The monoisotopic (exact) mass is 283 g/mol. The van der Waals surface area contributed by atoms with Gasteiger partial charge in [0.1, 0.15) is 0 Å². The normalized spacial score (nSPS) is 14.4. The minimum absolute atomic E-state index is 0.122. The molecule has 0 saturated heterocycles. The van der Waals surface area contributed by atoms with Gasteiger partial charge in [-0.25, -0.2) is 8.42 Å². The van der Waals surface area contributed by atoms with Crippen LogP contribution in [0, 0.1) is 13.8 Å². The Bertz CT molecular complexity index is 542. The molecule has 1 unspecified atom stereocenters. The van der Waals surface area contributed by atoms with Gasteiger partial charge in [0.25, 0.3) is 0 Å². The Labute approximate surface area is 117 Å². The van der Waals surface area contributed by atoms with Crippen LogP contribution in [0.3, 0.4) is 0 Å². The molecule has 1 aromatic carbocycles. The molecule has 19 heavy (non-hydrogen) atoms. The molecule has 1 rings (SSSR count). The lowest BCUT2D eigenvalue weighted by Crippen LogP contribution is -2.36. The molecule has 108 valence electrons. The van der Waals surface area contributed by atoms with Gasteiger partial charge >= 0.3 is 0 Å². The fourth-order valence-electron chi connectivity index (χ4n) is 2.01. The minimum atomic E-state index is -3.15. The zero-order valence-corrected chi connectivity index (χ0v) is 13.6. The summed E-state index contributed by atoms with van der Waals surface area (Å²) >= 11 is 0. The molecule has 3 nitrogen and oxygen atoms in total. The van der Waals surface area contributed by atoms with Crippen molar-refractivity contribution in [2.75, 3.05) is 12.8 Å². The van der Waals surface area contributed by atoms with Crippen LogP contribution in [0.25, 0.3) is 0 Å². The Balaban J connectivity index is 3.10. The molecular formula is C15H25NO2S. The average molecular weight is 283 g/mol. The fourth-order valence-corrected chi connectivity index (χ4v) is 3.30. The van der Waals surface area contributed by atoms with Crippen LogP contribution in [-0.4, -0.2) is 26.0 Å². The third kappa shape index (κ3) is 3.80. The summed E-state index contributed by atoms with van der Waals surface area (Å²) in [7, 11) is -1.34. The van der Waals surface area contributed by atoms with Gasteiger partial charge in [-0.2, -0.15) is 0 Å². The van der Waals surface area contributed by atoms with Gasteiger partial charge in [0.15, 0.2) is 9.84 Å². The Morgan fingerprint density at radius 3 is 2.21 bits per heavy atom. The Hall–Kier alpha value is -0.870. The standard InChI is InChI=1S/C15H25NO2S/c1-11-7-8-13(12(2)9-11)14(16-6)10-19(17,18)15(3,4)5/h7-9,14,16H,10H2,1-6H3. The highest BCUT2D eigenvalue weighted by atomic mass is 32.2. The van der Waals surface area contributed by atoms with Crippen LogP contribution in [0.2, 0.25) is 0 Å². The summed E-state index contributed by atoms with van der Waals surface area (Å²) in [4.78, 5) is 0. The summed E-state index contributed by atoms with van der Waals surface area (Å²) in [6, 6.07) is 5.97. The Morgan fingerprint density at radius 2 is 1.79 bits per heavy atom. The van der Waals surface area contributed by atoms with E-state index in [4.69, 9.17) is 0 Å². The van der Waals surface area contributed by atoms with Crippen molar-refractivity contribution in [3.05, 3.63) is 34.9 Å². The lowest BCUT2D eigenvalue weighted by molar-refractivity contribution is 0.542. The van der Waals surface area contributed by atoms with Crippen molar-refractivity contribution in [1.82, 2.24) is 5.32 Å². The van der Waals surface area contributed by atoms with E-state index < -0.39 is 14.6 Å². The van der Waals surface area contributed by atoms with E-state index in [9.17, 15) is 8.42 Å². The predicted octanol–water partition coefficient (Wildman–Crippen LogP) is 2.78. The van der Waals surface area contributed by atoms with Crippen LogP contribution >= 0.6 is 0 Å². The maximum absolute atomic E-state index is 12.3. The van der Waals surface area contributed by atoms with E-state index in [-0.39, 0.29) is 11.8 Å². The van der Waals surface area contributed by atoms with Crippen molar-refractivity contribution in [1.29, 1.82) is 0 Å². The summed E-state index contributed by atoms with van der Waals surface area (Å²) in [5.74, 6) is 0.122. The molecule has 0 amide bonds. The molecule has 0 radical (unpaired) electrons. The largest absolute Gasteiger partial charge is 0.312 e. The number of nitrogens with one attached hydrogen (secondary N) is 1. The second kappa shape index (κ2) is 5.63. The minimum Gasteiger partial charge on any atom is -0.312 e. The van der Waals surface area contributed by atoms with E-state index in [2.05, 4.69) is 11.4 Å². The molecule has 0 aromatic heterocycles. The lowest BCUT2D eigenvalue weighted by atomic mass is 10.0. The van der Waals surface area contributed by atoms with E-state index in [1.165, 1.54) is 5.56 Å². The number of hydrogen-bond acceptors (Lipinski definition) is 3. The van der Waals surface area contributed by atoms with Crippen molar-refractivity contribution >= 4 is 9.84 Å². The van der Waals surface area contributed by atoms with E-state index in [1.807, 2.05) is 33.0 Å². The van der Waals surface area contributed by atoms with Crippen molar-refractivity contribution in [2.45, 2.75) is 45.4 Å². The molecule has 0 heterocycles. The fraction of sp³-hybridized carbons (Fsp3) is 0.600. The molecule has 1 atom stereocenters. The molecule has 0 spiro atoms. The van der Waals surface area contributed by atoms with Crippen molar-refractivity contribution < 1.29 is 8.42 Å². The zero-order valence-electron chi connectivity index (χ0n) is 12.7. The summed E-state index contributed by atoms with van der Waals surface area (Å²) in [5, 5.41) is 3.13. The topological polar surface area (TPSA) is 46.2 Å². The zero-order chi connectivity index (χ0) is 14.8. The van der Waals surface area contributed by atoms with Crippen molar-refractivity contribution in [2.24, 2.45) is 0 Å². The number of aryl methyl sites for hydroxylation is 2. The smallest absolute Gasteiger partial charge is 0.157 e. The molecule has 4 heteroatoms. The molecule has 1 aromatic rings. The maximum atomic E-state index is 12.3. The Morgan fingerprint density at radius 1 is 1.21 bits per heavy atom. The van der Waals surface area contributed by atoms with Crippen LogP contribution in [0.5, 0.6) is 0 Å². The van der Waals surface area contributed by atoms with Gasteiger partial charge in [0.05, 0.1) is 10.5 Å². The Kier molecular flexibility index (Phi) is 4.80. The molecule has 1 N–H and O–H groups in total. The summed E-state index contributed by atoms with van der Waals surface area (Å²) < 4.78 is 23.9. The number of benzene rings is 1. The first-order valence-electron chi connectivity index (χ1n) is 6.55. The highest BCUT2D eigenvalue weighted by Gasteiger charge is 2.32. The summed E-state index contributed by atoms with van der Waals surface area (Å²) in [5.41, 5.74) is 3.37. The molecule has 0 aliphatic carbocycles. The van der Waals surface area contributed by atoms with Crippen LogP contribution in [-0.2, 0) is 9.84 Å². The first kappa shape index (κ1) is 16.2. The predicted molar refractivity (Wildman–Crippen MR) is 81.3 cm³/mol. The highest BCUT2D eigenvalue weighted by Crippen LogP contribution is 2.25. The third-order valence-electron chi connectivity index (χ3n) is 3.47. The second-order valence-corrected chi connectivity index (χ2v) is 8.88. The van der Waals surface area contributed by atoms with Gasteiger partial charge < -0.3 is 5.32 Å².